The molecule has 7 nitrogen and oxygen atoms in total. The molecule has 10 heteroatoms. The highest BCUT2D eigenvalue weighted by Crippen LogP contribution is 2.25. The van der Waals surface area contributed by atoms with Gasteiger partial charge in [0.25, 0.3) is 0 Å². The van der Waals surface area contributed by atoms with E-state index in [1.165, 1.54) is 30.4 Å². The Bertz CT molecular complexity index is 1210. The molecule has 0 aliphatic rings. The highest BCUT2D eigenvalue weighted by Gasteiger charge is 2.18. The molecule has 0 bridgehead atoms. The van der Waals surface area contributed by atoms with Crippen LogP contribution in [-0.4, -0.2) is 41.9 Å². The van der Waals surface area contributed by atoms with Gasteiger partial charge in [0.2, 0.25) is 5.91 Å². The lowest BCUT2D eigenvalue weighted by atomic mass is 10.0. The summed E-state index contributed by atoms with van der Waals surface area (Å²) in [4.78, 5) is 24.9. The fourth-order valence-corrected chi connectivity index (χ4v) is 4.48. The van der Waals surface area contributed by atoms with E-state index in [9.17, 15) is 18.0 Å². The molecule has 162 valence electrons. The largest absolute Gasteiger partial charge is 0.325 e. The second kappa shape index (κ2) is 9.67. The highest BCUT2D eigenvalue weighted by atomic mass is 35.5. The van der Waals surface area contributed by atoms with E-state index >= 15 is 0 Å². The van der Waals surface area contributed by atoms with Crippen LogP contribution in [0.4, 0.5) is 5.69 Å². The summed E-state index contributed by atoms with van der Waals surface area (Å²) in [5.74, 6) is -0.987. The lowest BCUT2D eigenvalue weighted by Gasteiger charge is -2.13. The second-order valence-corrected chi connectivity index (χ2v) is 10.9. The number of sulfone groups is 1. The third-order valence-electron chi connectivity index (χ3n) is 4.27. The summed E-state index contributed by atoms with van der Waals surface area (Å²) in [6, 6.07) is 14.1. The minimum atomic E-state index is -3.35. The Kier molecular flexibility index (Phi) is 7.19. The summed E-state index contributed by atoms with van der Waals surface area (Å²) in [7, 11) is -3.35. The molecule has 1 amide bonds. The molecule has 1 unspecified atom stereocenters. The van der Waals surface area contributed by atoms with Gasteiger partial charge >= 0.3 is 0 Å². The number of anilines is 1. The Labute approximate surface area is 189 Å². The number of carbonyl (C=O) groups excluding carboxylic acids is 2. The molecule has 1 aromatic heterocycles. The van der Waals surface area contributed by atoms with E-state index in [0.717, 1.165) is 16.8 Å². The number of nitrogens with one attached hydrogen (secondary N) is 1. The van der Waals surface area contributed by atoms with Gasteiger partial charge in [-0.2, -0.15) is 0 Å². The molecule has 0 spiro atoms. The van der Waals surface area contributed by atoms with Crippen molar-refractivity contribution in [3.05, 3.63) is 64.7 Å². The van der Waals surface area contributed by atoms with Crippen LogP contribution in [0.15, 0.2) is 48.5 Å². The predicted octanol–water partition coefficient (Wildman–Crippen LogP) is 3.74. The number of nitrogens with zero attached hydrogens (tertiary/aromatic N) is 2. The van der Waals surface area contributed by atoms with Gasteiger partial charge in [-0.25, -0.2) is 8.42 Å². The van der Waals surface area contributed by atoms with Crippen LogP contribution in [0.2, 0.25) is 0 Å². The zero-order valence-electron chi connectivity index (χ0n) is 16.8. The number of carbonyl (C=O) groups is 2. The summed E-state index contributed by atoms with van der Waals surface area (Å²) >= 11 is 7.14. The molecule has 1 atom stereocenters. The first-order valence-corrected chi connectivity index (χ1v) is 12.6. The van der Waals surface area contributed by atoms with Crippen molar-refractivity contribution in [1.29, 1.82) is 0 Å². The summed E-state index contributed by atoms with van der Waals surface area (Å²) < 4.78 is 23.5. The third kappa shape index (κ3) is 6.43. The number of amides is 1. The Morgan fingerprint density at radius 3 is 2.48 bits per heavy atom. The SMILES string of the molecule is CC(Cl)C(=O)Nc1cc(C(=O)Cc2nnc(-c3ccccc3)s2)ccc1CS(C)(=O)=O. The average molecular weight is 478 g/mol. The Balaban J connectivity index is 1.83. The Morgan fingerprint density at radius 2 is 1.84 bits per heavy atom. The lowest BCUT2D eigenvalue weighted by molar-refractivity contribution is -0.115. The summed E-state index contributed by atoms with van der Waals surface area (Å²) in [6.07, 6.45) is 1.14. The predicted molar refractivity (Wildman–Crippen MR) is 122 cm³/mol. The molecule has 3 rings (SSSR count). The summed E-state index contributed by atoms with van der Waals surface area (Å²) in [5.41, 5.74) is 1.87. The number of Topliss-reactive ketones (excluding diaryl/α,β-unsaturated/α-hetero) is 1. The zero-order chi connectivity index (χ0) is 22.6. The fourth-order valence-electron chi connectivity index (χ4n) is 2.77. The number of rotatable bonds is 8. The fraction of sp³-hybridized carbons (Fsp3) is 0.238. The zero-order valence-corrected chi connectivity index (χ0v) is 19.2. The standard InChI is InChI=1S/C21H20ClN3O4S2/c1-13(22)20(27)23-17-10-15(8-9-16(17)12-31(2,28)29)18(26)11-19-24-25-21(30-19)14-6-4-3-5-7-14/h3-10,13H,11-12H2,1-2H3,(H,23,27). The Hall–Kier alpha value is -2.62. The van der Waals surface area contributed by atoms with Crippen molar-refractivity contribution in [2.75, 3.05) is 11.6 Å². The molecular weight excluding hydrogens is 458 g/mol. The molecule has 31 heavy (non-hydrogen) atoms. The van der Waals surface area contributed by atoms with Gasteiger partial charge < -0.3 is 5.32 Å². The van der Waals surface area contributed by atoms with Gasteiger partial charge in [0, 0.05) is 23.1 Å². The van der Waals surface area contributed by atoms with Crippen molar-refractivity contribution in [3.63, 3.8) is 0 Å². The lowest BCUT2D eigenvalue weighted by Crippen LogP contribution is -2.22. The monoisotopic (exact) mass is 477 g/mol. The van der Waals surface area contributed by atoms with Crippen molar-refractivity contribution < 1.29 is 18.0 Å². The van der Waals surface area contributed by atoms with Crippen LogP contribution in [0.1, 0.15) is 27.9 Å². The number of halogens is 1. The van der Waals surface area contributed by atoms with E-state index in [4.69, 9.17) is 11.6 Å². The smallest absolute Gasteiger partial charge is 0.242 e. The van der Waals surface area contributed by atoms with E-state index < -0.39 is 21.1 Å². The number of aromatic nitrogens is 2. The van der Waals surface area contributed by atoms with Gasteiger partial charge in [0.1, 0.15) is 15.4 Å². The first kappa shape index (κ1) is 23.1. The number of benzene rings is 2. The van der Waals surface area contributed by atoms with Gasteiger partial charge in [0.05, 0.1) is 12.2 Å². The molecule has 2 aromatic carbocycles. The number of hydrogen-bond acceptors (Lipinski definition) is 7. The van der Waals surface area contributed by atoms with Crippen LogP contribution < -0.4 is 5.32 Å². The van der Waals surface area contributed by atoms with Gasteiger partial charge in [-0.1, -0.05) is 53.8 Å². The highest BCUT2D eigenvalue weighted by molar-refractivity contribution is 7.89. The van der Waals surface area contributed by atoms with Crippen LogP contribution in [0.3, 0.4) is 0 Å². The van der Waals surface area contributed by atoms with Gasteiger partial charge in [-0.15, -0.1) is 21.8 Å². The van der Waals surface area contributed by atoms with Crippen LogP contribution in [-0.2, 0) is 26.8 Å². The molecule has 0 fully saturated rings. The van der Waals surface area contributed by atoms with Gasteiger partial charge in [0.15, 0.2) is 15.6 Å². The van der Waals surface area contributed by atoms with Gasteiger partial charge in [-0.05, 0) is 18.6 Å². The molecular formula is C21H20ClN3O4S2. The van der Waals surface area contributed by atoms with E-state index in [1.54, 1.807) is 6.07 Å². The quantitative estimate of drug-likeness (QED) is 0.391. The minimum absolute atomic E-state index is 0.0369. The Morgan fingerprint density at radius 1 is 1.13 bits per heavy atom. The molecule has 0 saturated heterocycles. The molecule has 1 N–H and O–H groups in total. The van der Waals surface area contributed by atoms with Crippen LogP contribution in [0, 0.1) is 0 Å². The average Bonchev–Trinajstić information content (AvgIpc) is 3.17. The molecule has 0 radical (unpaired) electrons. The maximum absolute atomic E-state index is 12.8. The van der Waals surface area contributed by atoms with E-state index in [-0.39, 0.29) is 23.6 Å². The van der Waals surface area contributed by atoms with Crippen LogP contribution in [0.5, 0.6) is 0 Å². The summed E-state index contributed by atoms with van der Waals surface area (Å²) in [5, 5.41) is 11.3. The molecule has 0 aliphatic carbocycles. The number of alkyl halides is 1. The van der Waals surface area contributed by atoms with Crippen molar-refractivity contribution >= 4 is 50.2 Å². The molecule has 0 saturated carbocycles. The maximum atomic E-state index is 12.8. The first-order chi connectivity index (χ1) is 14.6. The van der Waals surface area contributed by atoms with Crippen molar-refractivity contribution in [3.8, 4) is 10.6 Å². The number of ketones is 1. The molecule has 0 aliphatic heterocycles. The minimum Gasteiger partial charge on any atom is -0.325 e. The van der Waals surface area contributed by atoms with E-state index in [0.29, 0.717) is 16.1 Å². The maximum Gasteiger partial charge on any atom is 0.242 e. The van der Waals surface area contributed by atoms with Crippen molar-refractivity contribution in [2.45, 2.75) is 24.5 Å². The normalized spacial score (nSPS) is 12.4. The van der Waals surface area contributed by atoms with Crippen LogP contribution in [0.25, 0.3) is 10.6 Å². The van der Waals surface area contributed by atoms with E-state index in [2.05, 4.69) is 15.5 Å². The topological polar surface area (TPSA) is 106 Å². The number of hydrogen-bond donors (Lipinski definition) is 1. The van der Waals surface area contributed by atoms with Gasteiger partial charge in [-0.3, -0.25) is 9.59 Å². The summed E-state index contributed by atoms with van der Waals surface area (Å²) in [6.45, 7) is 1.50. The third-order valence-corrected chi connectivity index (χ3v) is 6.27. The van der Waals surface area contributed by atoms with E-state index in [1.807, 2.05) is 30.3 Å². The van der Waals surface area contributed by atoms with Crippen molar-refractivity contribution in [2.24, 2.45) is 0 Å². The van der Waals surface area contributed by atoms with Crippen LogP contribution >= 0.6 is 22.9 Å². The molecule has 1 heterocycles. The molecule has 3 aromatic rings. The first-order valence-electron chi connectivity index (χ1n) is 9.29. The second-order valence-electron chi connectivity index (χ2n) is 7.01. The van der Waals surface area contributed by atoms with Crippen molar-refractivity contribution in [1.82, 2.24) is 10.2 Å².